The van der Waals surface area contributed by atoms with Gasteiger partial charge in [-0.3, -0.25) is 0 Å². The topological polar surface area (TPSA) is 100 Å². The highest BCUT2D eigenvalue weighted by Gasteiger charge is 2.13. The first-order chi connectivity index (χ1) is 12.1. The van der Waals surface area contributed by atoms with E-state index >= 15 is 0 Å². The number of nitrogens with zero attached hydrogens (tertiary/aromatic N) is 3. The average Bonchev–Trinajstić information content (AvgIpc) is 2.59. The van der Waals surface area contributed by atoms with Crippen LogP contribution in [0.4, 0.5) is 17.5 Å². The summed E-state index contributed by atoms with van der Waals surface area (Å²) in [5.74, 6) is 1.30. The van der Waals surface area contributed by atoms with E-state index < -0.39 is 0 Å². The lowest BCUT2D eigenvalue weighted by Gasteiger charge is -2.24. The first kappa shape index (κ1) is 17.4. The van der Waals surface area contributed by atoms with Crippen molar-refractivity contribution in [3.8, 4) is 0 Å². The summed E-state index contributed by atoms with van der Waals surface area (Å²) in [5.41, 5.74) is 7.73. The molecular formula is C17H22ClN7. The Morgan fingerprint density at radius 1 is 1.32 bits per heavy atom. The summed E-state index contributed by atoms with van der Waals surface area (Å²) >= 11 is 6.02. The summed E-state index contributed by atoms with van der Waals surface area (Å²) in [5, 5.41) is 10.5. The first-order valence-corrected chi connectivity index (χ1v) is 8.65. The fourth-order valence-electron chi connectivity index (χ4n) is 2.66. The fourth-order valence-corrected chi connectivity index (χ4v) is 2.78. The molecule has 0 saturated carbocycles. The maximum absolute atomic E-state index is 6.02. The van der Waals surface area contributed by atoms with Crippen LogP contribution in [0, 0.1) is 6.92 Å². The largest absolute Gasteiger partial charge is 0.369 e. The Morgan fingerprint density at radius 2 is 2.12 bits per heavy atom. The molecule has 0 radical (unpaired) electrons. The smallest absolute Gasteiger partial charge is 0.254 e. The second kappa shape index (κ2) is 8.13. The normalized spacial score (nSPS) is 15.8. The summed E-state index contributed by atoms with van der Waals surface area (Å²) < 4.78 is 0. The molecule has 0 atom stereocenters. The number of rotatable bonds is 4. The van der Waals surface area contributed by atoms with Crippen LogP contribution in [0.1, 0.15) is 18.4 Å². The zero-order valence-electron chi connectivity index (χ0n) is 14.1. The highest BCUT2D eigenvalue weighted by molar-refractivity contribution is 6.31. The molecule has 1 saturated heterocycles. The Bertz CT molecular complexity index is 756. The van der Waals surface area contributed by atoms with Gasteiger partial charge >= 0.3 is 0 Å². The van der Waals surface area contributed by atoms with Crippen molar-refractivity contribution in [2.24, 2.45) is 10.7 Å². The van der Waals surface area contributed by atoms with Gasteiger partial charge in [-0.1, -0.05) is 11.6 Å². The molecule has 1 aromatic carbocycles. The van der Waals surface area contributed by atoms with E-state index in [0.717, 1.165) is 43.0 Å². The van der Waals surface area contributed by atoms with Crippen molar-refractivity contribution in [1.82, 2.24) is 15.3 Å². The molecule has 1 aliphatic heterocycles. The van der Waals surface area contributed by atoms with Crippen LogP contribution in [0.3, 0.4) is 0 Å². The van der Waals surface area contributed by atoms with E-state index in [1.807, 2.05) is 31.2 Å². The molecule has 0 amide bonds. The molecule has 8 heteroatoms. The Morgan fingerprint density at radius 3 is 2.88 bits per heavy atom. The lowest BCUT2D eigenvalue weighted by atomic mass is 10.1. The molecule has 0 unspecified atom stereocenters. The molecule has 0 bridgehead atoms. The minimum atomic E-state index is 0.223. The number of halogens is 1. The average molecular weight is 360 g/mol. The van der Waals surface area contributed by atoms with Gasteiger partial charge in [0.2, 0.25) is 5.96 Å². The Hall–Kier alpha value is -2.38. The van der Waals surface area contributed by atoms with Crippen molar-refractivity contribution in [2.45, 2.75) is 25.8 Å². The number of anilines is 2. The van der Waals surface area contributed by atoms with Crippen molar-refractivity contribution in [3.05, 3.63) is 41.0 Å². The lowest BCUT2D eigenvalue weighted by Crippen LogP contribution is -2.35. The SMILES string of the molecule is Cc1cc(NC(N)=Nc2nccc(NC3CCNCC3)n2)ccc1Cl. The van der Waals surface area contributed by atoms with Gasteiger partial charge in [-0.15, -0.1) is 0 Å². The van der Waals surface area contributed by atoms with Crippen molar-refractivity contribution < 1.29 is 0 Å². The van der Waals surface area contributed by atoms with E-state index in [9.17, 15) is 0 Å². The van der Waals surface area contributed by atoms with Crippen LogP contribution < -0.4 is 21.7 Å². The molecule has 1 aromatic heterocycles. The van der Waals surface area contributed by atoms with Gasteiger partial charge < -0.3 is 21.7 Å². The van der Waals surface area contributed by atoms with Gasteiger partial charge in [0.1, 0.15) is 5.82 Å². The number of nitrogens with one attached hydrogen (secondary N) is 3. The van der Waals surface area contributed by atoms with E-state index in [4.69, 9.17) is 17.3 Å². The molecule has 0 aliphatic carbocycles. The summed E-state index contributed by atoms with van der Waals surface area (Å²) in [7, 11) is 0. The van der Waals surface area contributed by atoms with Gasteiger partial charge in [0.25, 0.3) is 5.95 Å². The predicted molar refractivity (Wildman–Crippen MR) is 103 cm³/mol. The summed E-state index contributed by atoms with van der Waals surface area (Å²) in [4.78, 5) is 12.8. The number of aromatic nitrogens is 2. The number of aliphatic imine (C=N–C) groups is 1. The van der Waals surface area contributed by atoms with Crippen LogP contribution in [-0.2, 0) is 0 Å². The van der Waals surface area contributed by atoms with Crippen LogP contribution in [0.25, 0.3) is 0 Å². The third-order valence-corrected chi connectivity index (χ3v) is 4.41. The minimum Gasteiger partial charge on any atom is -0.369 e. The first-order valence-electron chi connectivity index (χ1n) is 8.28. The van der Waals surface area contributed by atoms with Crippen LogP contribution in [0.5, 0.6) is 0 Å². The molecule has 1 fully saturated rings. The number of nitrogens with two attached hydrogens (primary N) is 1. The second-order valence-electron chi connectivity index (χ2n) is 6.00. The van der Waals surface area contributed by atoms with E-state index in [1.54, 1.807) is 6.20 Å². The van der Waals surface area contributed by atoms with E-state index in [2.05, 4.69) is 30.9 Å². The van der Waals surface area contributed by atoms with Crippen molar-refractivity contribution in [1.29, 1.82) is 0 Å². The van der Waals surface area contributed by atoms with Crippen LogP contribution >= 0.6 is 11.6 Å². The molecule has 3 rings (SSSR count). The standard InChI is InChI=1S/C17H22ClN7/c1-11-10-13(2-3-14(11)18)23-16(19)25-17-21-9-6-15(24-17)22-12-4-7-20-8-5-12/h2-3,6,9-10,12,20H,4-5,7-8H2,1H3,(H4,19,21,22,23,24,25). The second-order valence-corrected chi connectivity index (χ2v) is 6.40. The van der Waals surface area contributed by atoms with Crippen LogP contribution in [0.2, 0.25) is 5.02 Å². The van der Waals surface area contributed by atoms with Crippen molar-refractivity contribution in [2.75, 3.05) is 23.7 Å². The van der Waals surface area contributed by atoms with Crippen LogP contribution in [0.15, 0.2) is 35.5 Å². The number of hydrogen-bond donors (Lipinski definition) is 4. The lowest BCUT2D eigenvalue weighted by molar-refractivity contribution is 0.478. The summed E-state index contributed by atoms with van der Waals surface area (Å²) in [6.07, 6.45) is 3.82. The zero-order valence-corrected chi connectivity index (χ0v) is 14.8. The van der Waals surface area contributed by atoms with Crippen molar-refractivity contribution >= 4 is 35.0 Å². The van der Waals surface area contributed by atoms with E-state index in [1.165, 1.54) is 0 Å². The zero-order chi connectivity index (χ0) is 17.6. The highest BCUT2D eigenvalue weighted by atomic mass is 35.5. The Kier molecular flexibility index (Phi) is 5.67. The highest BCUT2D eigenvalue weighted by Crippen LogP contribution is 2.19. The summed E-state index contributed by atoms with van der Waals surface area (Å²) in [6.45, 7) is 3.97. The van der Waals surface area contributed by atoms with Gasteiger partial charge in [0, 0.05) is 22.9 Å². The number of guanidine groups is 1. The van der Waals surface area contributed by atoms with Crippen LogP contribution in [-0.4, -0.2) is 35.1 Å². The van der Waals surface area contributed by atoms with Gasteiger partial charge in [0.05, 0.1) is 0 Å². The molecule has 0 spiro atoms. The number of piperidine rings is 1. The van der Waals surface area contributed by atoms with Crippen molar-refractivity contribution in [3.63, 3.8) is 0 Å². The van der Waals surface area contributed by atoms with Gasteiger partial charge in [-0.2, -0.15) is 9.98 Å². The van der Waals surface area contributed by atoms with E-state index in [-0.39, 0.29) is 5.96 Å². The molecule has 1 aliphatic rings. The molecule has 7 nitrogen and oxygen atoms in total. The monoisotopic (exact) mass is 359 g/mol. The molecule has 132 valence electrons. The fraction of sp³-hybridized carbons (Fsp3) is 0.353. The summed E-state index contributed by atoms with van der Waals surface area (Å²) in [6, 6.07) is 7.81. The van der Waals surface area contributed by atoms with Gasteiger partial charge in [-0.25, -0.2) is 4.98 Å². The predicted octanol–water partition coefficient (Wildman–Crippen LogP) is 2.66. The Balaban J connectivity index is 1.67. The minimum absolute atomic E-state index is 0.223. The quantitative estimate of drug-likeness (QED) is 0.494. The third-order valence-electron chi connectivity index (χ3n) is 3.98. The number of hydrogen-bond acceptors (Lipinski definition) is 5. The molecular weight excluding hydrogens is 338 g/mol. The van der Waals surface area contributed by atoms with Gasteiger partial charge in [-0.05, 0) is 62.7 Å². The maximum atomic E-state index is 6.02. The number of benzene rings is 1. The molecule has 25 heavy (non-hydrogen) atoms. The van der Waals surface area contributed by atoms with E-state index in [0.29, 0.717) is 17.0 Å². The Labute approximate surface area is 152 Å². The maximum Gasteiger partial charge on any atom is 0.254 e. The molecule has 2 aromatic rings. The molecule has 5 N–H and O–H groups in total. The number of aryl methyl sites for hydroxylation is 1. The van der Waals surface area contributed by atoms with Gasteiger partial charge in [0.15, 0.2) is 0 Å². The molecule has 2 heterocycles. The third kappa shape index (κ3) is 5.04.